The van der Waals surface area contributed by atoms with E-state index in [1.807, 2.05) is 30.5 Å². The number of benzene rings is 1. The molecule has 0 aromatic heterocycles. The van der Waals surface area contributed by atoms with Gasteiger partial charge in [0.05, 0.1) is 19.3 Å². The van der Waals surface area contributed by atoms with E-state index in [2.05, 4.69) is 4.90 Å². The molecule has 1 saturated carbocycles. The zero-order valence-corrected chi connectivity index (χ0v) is 13.4. The Morgan fingerprint density at radius 1 is 1.29 bits per heavy atom. The van der Waals surface area contributed by atoms with E-state index in [0.29, 0.717) is 18.7 Å². The van der Waals surface area contributed by atoms with E-state index in [1.54, 1.807) is 11.8 Å². The van der Waals surface area contributed by atoms with Crippen LogP contribution in [0.3, 0.4) is 0 Å². The summed E-state index contributed by atoms with van der Waals surface area (Å²) < 4.78 is 5.87. The second-order valence-electron chi connectivity index (χ2n) is 5.88. The Morgan fingerprint density at radius 2 is 2.05 bits per heavy atom. The van der Waals surface area contributed by atoms with Crippen LogP contribution in [0.2, 0.25) is 0 Å². The summed E-state index contributed by atoms with van der Waals surface area (Å²) in [6.07, 6.45) is 7.24. The molecule has 1 heterocycles. The van der Waals surface area contributed by atoms with Gasteiger partial charge in [-0.2, -0.15) is 0 Å². The number of hydrogen-bond acceptors (Lipinski definition) is 4. The molecule has 3 rings (SSSR count). The van der Waals surface area contributed by atoms with Crippen LogP contribution >= 0.6 is 11.8 Å². The van der Waals surface area contributed by atoms with Crippen molar-refractivity contribution >= 4 is 17.5 Å². The summed E-state index contributed by atoms with van der Waals surface area (Å²) in [5, 5.41) is 0. The van der Waals surface area contributed by atoms with Gasteiger partial charge in [0.15, 0.2) is 5.78 Å². The number of thioether (sulfide) groups is 1. The van der Waals surface area contributed by atoms with Crippen molar-refractivity contribution in [3.8, 4) is 0 Å². The number of ether oxygens (including phenoxy) is 1. The van der Waals surface area contributed by atoms with Crippen LogP contribution in [-0.2, 0) is 4.74 Å². The minimum absolute atomic E-state index is 0.230. The fraction of sp³-hybridized carbons (Fsp3) is 0.588. The van der Waals surface area contributed by atoms with Gasteiger partial charge in [0.25, 0.3) is 0 Å². The number of hydrogen-bond donors (Lipinski definition) is 0. The van der Waals surface area contributed by atoms with Crippen LogP contribution in [-0.4, -0.2) is 48.8 Å². The molecule has 1 aliphatic heterocycles. The van der Waals surface area contributed by atoms with Gasteiger partial charge in [-0.05, 0) is 31.2 Å². The number of morpholine rings is 1. The normalized spacial score (nSPS) is 26.3. The van der Waals surface area contributed by atoms with E-state index < -0.39 is 0 Å². The molecule has 0 radical (unpaired) electrons. The molecule has 2 fully saturated rings. The molecule has 114 valence electrons. The van der Waals surface area contributed by atoms with Gasteiger partial charge in [-0.3, -0.25) is 9.69 Å². The van der Waals surface area contributed by atoms with Crippen LogP contribution in [0.15, 0.2) is 29.2 Å². The van der Waals surface area contributed by atoms with E-state index in [1.165, 1.54) is 24.2 Å². The second-order valence-corrected chi connectivity index (χ2v) is 6.76. The Balaban J connectivity index is 1.65. The number of carbonyl (C=O) groups excluding carboxylic acids is 1. The Labute approximate surface area is 131 Å². The molecule has 3 nitrogen and oxygen atoms in total. The molecular weight excluding hydrogens is 282 g/mol. The van der Waals surface area contributed by atoms with Crippen molar-refractivity contribution in [2.24, 2.45) is 0 Å². The van der Waals surface area contributed by atoms with Crippen LogP contribution in [0, 0.1) is 0 Å². The summed E-state index contributed by atoms with van der Waals surface area (Å²) in [6.45, 7) is 2.18. The van der Waals surface area contributed by atoms with Gasteiger partial charge in [-0.15, -0.1) is 11.8 Å². The van der Waals surface area contributed by atoms with Gasteiger partial charge >= 0.3 is 0 Å². The van der Waals surface area contributed by atoms with Gasteiger partial charge in [-0.25, -0.2) is 0 Å². The molecular formula is C17H23NO2S. The van der Waals surface area contributed by atoms with Crippen molar-refractivity contribution < 1.29 is 9.53 Å². The maximum Gasteiger partial charge on any atom is 0.176 e. The minimum Gasteiger partial charge on any atom is -0.375 e. The molecule has 1 saturated heterocycles. The number of fused-ring (bicyclic) bond motifs is 1. The van der Waals surface area contributed by atoms with Crippen LogP contribution in [0.5, 0.6) is 0 Å². The van der Waals surface area contributed by atoms with Crippen LogP contribution in [0.25, 0.3) is 0 Å². The molecule has 1 aromatic rings. The van der Waals surface area contributed by atoms with E-state index in [4.69, 9.17) is 4.74 Å². The monoisotopic (exact) mass is 305 g/mol. The Bertz CT molecular complexity index is 486. The molecule has 4 heteroatoms. The van der Waals surface area contributed by atoms with Crippen molar-refractivity contribution in [1.29, 1.82) is 0 Å². The third kappa shape index (κ3) is 3.50. The Hall–Kier alpha value is -0.840. The van der Waals surface area contributed by atoms with Gasteiger partial charge < -0.3 is 4.74 Å². The van der Waals surface area contributed by atoms with E-state index in [0.717, 1.165) is 25.1 Å². The first-order valence-corrected chi connectivity index (χ1v) is 9.03. The molecule has 1 aromatic carbocycles. The molecule has 21 heavy (non-hydrogen) atoms. The van der Waals surface area contributed by atoms with Gasteiger partial charge in [-0.1, -0.05) is 25.0 Å². The van der Waals surface area contributed by atoms with E-state index in [-0.39, 0.29) is 5.78 Å². The van der Waals surface area contributed by atoms with Crippen LogP contribution in [0.1, 0.15) is 36.0 Å². The maximum atomic E-state index is 12.5. The lowest BCUT2D eigenvalue weighted by Gasteiger charge is -2.43. The van der Waals surface area contributed by atoms with Crippen LogP contribution < -0.4 is 0 Å². The standard InChI is InChI=1S/C17H23NO2S/c1-21-14-8-6-13(7-9-14)16(19)12-18-10-11-20-17-5-3-2-4-15(17)18/h6-9,15,17H,2-5,10-12H2,1H3. The molecule has 0 spiro atoms. The number of rotatable bonds is 4. The third-order valence-electron chi connectivity index (χ3n) is 4.61. The maximum absolute atomic E-state index is 12.5. The highest BCUT2D eigenvalue weighted by Crippen LogP contribution is 2.28. The summed E-state index contributed by atoms with van der Waals surface area (Å²) in [5.41, 5.74) is 0.826. The van der Waals surface area contributed by atoms with E-state index in [9.17, 15) is 4.79 Å². The fourth-order valence-electron chi connectivity index (χ4n) is 3.43. The predicted molar refractivity (Wildman–Crippen MR) is 86.1 cm³/mol. The smallest absolute Gasteiger partial charge is 0.176 e. The molecule has 2 aliphatic rings. The van der Waals surface area contributed by atoms with Crippen molar-refractivity contribution in [3.05, 3.63) is 29.8 Å². The largest absolute Gasteiger partial charge is 0.375 e. The molecule has 1 aliphatic carbocycles. The predicted octanol–water partition coefficient (Wildman–Crippen LogP) is 3.23. The number of carbonyl (C=O) groups is 1. The summed E-state index contributed by atoms with van der Waals surface area (Å²) in [6, 6.07) is 8.41. The lowest BCUT2D eigenvalue weighted by atomic mass is 9.90. The van der Waals surface area contributed by atoms with Gasteiger partial charge in [0, 0.05) is 23.0 Å². The van der Waals surface area contributed by atoms with Gasteiger partial charge in [0.1, 0.15) is 0 Å². The molecule has 0 bridgehead atoms. The molecule has 2 atom stereocenters. The first kappa shape index (κ1) is 15.1. The SMILES string of the molecule is CSc1ccc(C(=O)CN2CCOC3CCCCC32)cc1. The topological polar surface area (TPSA) is 29.5 Å². The quantitative estimate of drug-likeness (QED) is 0.631. The summed E-state index contributed by atoms with van der Waals surface area (Å²) in [4.78, 5) is 16.0. The van der Waals surface area contributed by atoms with Gasteiger partial charge in [0.2, 0.25) is 0 Å². The number of nitrogens with zero attached hydrogens (tertiary/aromatic N) is 1. The number of ketones is 1. The van der Waals surface area contributed by atoms with Crippen molar-refractivity contribution in [1.82, 2.24) is 4.90 Å². The fourth-order valence-corrected chi connectivity index (χ4v) is 3.83. The van der Waals surface area contributed by atoms with Crippen molar-refractivity contribution in [3.63, 3.8) is 0 Å². The highest BCUT2D eigenvalue weighted by atomic mass is 32.2. The van der Waals surface area contributed by atoms with E-state index >= 15 is 0 Å². The first-order valence-electron chi connectivity index (χ1n) is 7.81. The lowest BCUT2D eigenvalue weighted by molar-refractivity contribution is -0.0846. The number of Topliss-reactive ketones (excluding diaryl/α,β-unsaturated/α-hetero) is 1. The first-order chi connectivity index (χ1) is 10.3. The lowest BCUT2D eigenvalue weighted by Crippen LogP contribution is -2.53. The van der Waals surface area contributed by atoms with Crippen molar-refractivity contribution in [2.75, 3.05) is 26.0 Å². The average Bonchev–Trinajstić information content (AvgIpc) is 2.55. The zero-order valence-electron chi connectivity index (χ0n) is 12.6. The average molecular weight is 305 g/mol. The summed E-state index contributed by atoms with van der Waals surface area (Å²) in [5.74, 6) is 0.230. The third-order valence-corrected chi connectivity index (χ3v) is 5.35. The molecule has 2 unspecified atom stereocenters. The minimum atomic E-state index is 0.230. The zero-order chi connectivity index (χ0) is 14.7. The molecule has 0 amide bonds. The summed E-state index contributed by atoms with van der Waals surface area (Å²) >= 11 is 1.70. The molecule has 0 N–H and O–H groups in total. The highest BCUT2D eigenvalue weighted by molar-refractivity contribution is 7.98. The Morgan fingerprint density at radius 3 is 2.81 bits per heavy atom. The van der Waals surface area contributed by atoms with Crippen molar-refractivity contribution in [2.45, 2.75) is 42.7 Å². The Kier molecular flexibility index (Phi) is 4.99. The van der Waals surface area contributed by atoms with Crippen LogP contribution in [0.4, 0.5) is 0 Å². The second kappa shape index (κ2) is 6.95. The summed E-state index contributed by atoms with van der Waals surface area (Å²) in [7, 11) is 0. The highest BCUT2D eigenvalue weighted by Gasteiger charge is 2.34.